The van der Waals surface area contributed by atoms with Crippen molar-refractivity contribution in [3.05, 3.63) is 35.6 Å². The minimum Gasteiger partial charge on any atom is -0.320 e. The van der Waals surface area contributed by atoms with E-state index in [9.17, 15) is 4.79 Å². The molecule has 1 rings (SSSR count). The molecule has 0 saturated heterocycles. The Labute approximate surface area is 81.4 Å². The maximum atomic E-state index is 11.0. The first-order valence-electron chi connectivity index (χ1n) is 3.68. The van der Waals surface area contributed by atoms with Gasteiger partial charge in [-0.3, -0.25) is 9.78 Å². The van der Waals surface area contributed by atoms with Gasteiger partial charge >= 0.3 is 0 Å². The molecule has 1 N–H and O–H groups in total. The molecule has 3 nitrogen and oxygen atoms in total. The molecule has 0 spiro atoms. The number of aromatic nitrogens is 1. The number of nitrogens with zero attached hydrogens (tertiary/aromatic N) is 1. The minimum atomic E-state index is -0.410. The van der Waals surface area contributed by atoms with Crippen LogP contribution in [0.4, 0.5) is 5.69 Å². The molecule has 0 bridgehead atoms. The number of pyridine rings is 1. The van der Waals surface area contributed by atoms with Crippen LogP contribution in [0, 0.1) is 6.92 Å². The van der Waals surface area contributed by atoms with E-state index < -0.39 is 5.91 Å². The highest BCUT2D eigenvalue weighted by atomic mass is 35.5. The third kappa shape index (κ3) is 2.87. The predicted octanol–water partition coefficient (Wildman–Crippen LogP) is 2.08. The Balaban J connectivity index is 2.70. The molecule has 1 aromatic heterocycles. The smallest absolute Gasteiger partial charge is 0.266 e. The van der Waals surface area contributed by atoms with Crippen LogP contribution in [0.5, 0.6) is 0 Å². The maximum Gasteiger partial charge on any atom is 0.266 e. The van der Waals surface area contributed by atoms with Crippen LogP contribution in [-0.4, -0.2) is 10.9 Å². The normalized spacial score (nSPS) is 9.38. The number of carbonyl (C=O) groups is 1. The van der Waals surface area contributed by atoms with E-state index in [4.69, 9.17) is 11.6 Å². The highest BCUT2D eigenvalue weighted by molar-refractivity contribution is 6.43. The van der Waals surface area contributed by atoms with E-state index in [1.807, 2.05) is 6.92 Å². The van der Waals surface area contributed by atoms with Crippen LogP contribution in [-0.2, 0) is 4.79 Å². The molecular weight excluding hydrogens is 188 g/mol. The van der Waals surface area contributed by atoms with Crippen molar-refractivity contribution in [2.45, 2.75) is 6.92 Å². The van der Waals surface area contributed by atoms with Gasteiger partial charge in [0.25, 0.3) is 5.91 Å². The molecule has 0 aliphatic carbocycles. The fourth-order valence-corrected chi connectivity index (χ4v) is 0.788. The fourth-order valence-electron chi connectivity index (χ4n) is 0.741. The van der Waals surface area contributed by atoms with Gasteiger partial charge in [0, 0.05) is 5.69 Å². The Bertz CT molecular complexity index is 332. The summed E-state index contributed by atoms with van der Waals surface area (Å²) >= 11 is 5.38. The number of nitrogens with one attached hydrogen (secondary N) is 1. The highest BCUT2D eigenvalue weighted by Crippen LogP contribution is 2.08. The van der Waals surface area contributed by atoms with Crippen molar-refractivity contribution in [1.29, 1.82) is 0 Å². The van der Waals surface area contributed by atoms with Crippen LogP contribution in [0.15, 0.2) is 29.9 Å². The molecule has 1 aromatic rings. The van der Waals surface area contributed by atoms with Gasteiger partial charge in [-0.25, -0.2) is 0 Å². The second kappa shape index (κ2) is 4.05. The monoisotopic (exact) mass is 196 g/mol. The lowest BCUT2D eigenvalue weighted by molar-refractivity contribution is -0.112. The molecule has 0 saturated carbocycles. The van der Waals surface area contributed by atoms with Gasteiger partial charge in [0.05, 0.1) is 16.9 Å². The zero-order chi connectivity index (χ0) is 9.84. The van der Waals surface area contributed by atoms with E-state index in [0.717, 1.165) is 5.69 Å². The second-order valence-electron chi connectivity index (χ2n) is 2.55. The number of halogens is 1. The summed E-state index contributed by atoms with van der Waals surface area (Å²) in [4.78, 5) is 15.0. The number of amides is 1. The van der Waals surface area contributed by atoms with Crippen molar-refractivity contribution in [2.75, 3.05) is 5.32 Å². The molecule has 0 unspecified atom stereocenters. The average Bonchev–Trinajstić information content (AvgIpc) is 2.08. The number of hydrogen-bond acceptors (Lipinski definition) is 2. The molecule has 68 valence electrons. The lowest BCUT2D eigenvalue weighted by atomic mass is 10.3. The van der Waals surface area contributed by atoms with Gasteiger partial charge in [-0.15, -0.1) is 0 Å². The fraction of sp³-hybridized carbons (Fsp3) is 0.111. The molecule has 0 aromatic carbocycles. The summed E-state index contributed by atoms with van der Waals surface area (Å²) in [5.41, 5.74) is 1.50. The summed E-state index contributed by atoms with van der Waals surface area (Å²) in [6, 6.07) is 3.55. The van der Waals surface area contributed by atoms with E-state index in [1.165, 1.54) is 0 Å². The summed E-state index contributed by atoms with van der Waals surface area (Å²) < 4.78 is 0. The highest BCUT2D eigenvalue weighted by Gasteiger charge is 2.03. The van der Waals surface area contributed by atoms with Crippen LogP contribution < -0.4 is 5.32 Å². The quantitative estimate of drug-likeness (QED) is 0.736. The third-order valence-electron chi connectivity index (χ3n) is 1.42. The summed E-state index contributed by atoms with van der Waals surface area (Å²) in [6.07, 6.45) is 1.56. The number of aryl methyl sites for hydroxylation is 1. The number of hydrogen-bond donors (Lipinski definition) is 1. The van der Waals surface area contributed by atoms with Crippen LogP contribution in [0.1, 0.15) is 5.69 Å². The Hall–Kier alpha value is -1.35. The van der Waals surface area contributed by atoms with Crippen LogP contribution in [0.2, 0.25) is 0 Å². The van der Waals surface area contributed by atoms with E-state index in [1.54, 1.807) is 18.3 Å². The van der Waals surface area contributed by atoms with Crippen LogP contribution >= 0.6 is 11.6 Å². The Morgan fingerprint density at radius 1 is 1.62 bits per heavy atom. The first-order chi connectivity index (χ1) is 6.09. The van der Waals surface area contributed by atoms with Crippen molar-refractivity contribution < 1.29 is 4.79 Å². The van der Waals surface area contributed by atoms with E-state index in [0.29, 0.717) is 5.69 Å². The summed E-state index contributed by atoms with van der Waals surface area (Å²) in [5, 5.41) is 2.49. The molecule has 13 heavy (non-hydrogen) atoms. The van der Waals surface area contributed by atoms with Gasteiger partial charge < -0.3 is 5.32 Å². The molecule has 0 atom stereocenters. The third-order valence-corrected chi connectivity index (χ3v) is 1.59. The molecule has 4 heteroatoms. The standard InChI is InChI=1S/C9H9ClN2O/c1-6-3-4-8(5-11-6)12-9(13)7(2)10/h3-5H,2H2,1H3,(H,12,13). The Morgan fingerprint density at radius 3 is 2.77 bits per heavy atom. The zero-order valence-electron chi connectivity index (χ0n) is 7.17. The topological polar surface area (TPSA) is 42.0 Å². The van der Waals surface area contributed by atoms with Crippen molar-refractivity contribution in [3.8, 4) is 0 Å². The molecule has 1 heterocycles. The van der Waals surface area contributed by atoms with Crippen molar-refractivity contribution >= 4 is 23.2 Å². The Kier molecular flexibility index (Phi) is 3.03. The summed E-state index contributed by atoms with van der Waals surface area (Å²) in [5.74, 6) is -0.410. The number of carbonyl (C=O) groups excluding carboxylic acids is 1. The zero-order valence-corrected chi connectivity index (χ0v) is 7.93. The Morgan fingerprint density at radius 2 is 2.31 bits per heavy atom. The molecule has 0 radical (unpaired) electrons. The molecular formula is C9H9ClN2O. The van der Waals surface area contributed by atoms with E-state index in [-0.39, 0.29) is 5.03 Å². The first-order valence-corrected chi connectivity index (χ1v) is 4.06. The predicted molar refractivity (Wildman–Crippen MR) is 52.6 cm³/mol. The lowest BCUT2D eigenvalue weighted by Crippen LogP contribution is -2.10. The summed E-state index contributed by atoms with van der Waals surface area (Å²) in [7, 11) is 0. The number of anilines is 1. The van der Waals surface area contributed by atoms with Gasteiger partial charge in [0.2, 0.25) is 0 Å². The maximum absolute atomic E-state index is 11.0. The number of rotatable bonds is 2. The van der Waals surface area contributed by atoms with Gasteiger partial charge in [0.1, 0.15) is 0 Å². The van der Waals surface area contributed by atoms with Crippen LogP contribution in [0.3, 0.4) is 0 Å². The van der Waals surface area contributed by atoms with Crippen molar-refractivity contribution in [1.82, 2.24) is 4.98 Å². The van der Waals surface area contributed by atoms with Crippen molar-refractivity contribution in [3.63, 3.8) is 0 Å². The average molecular weight is 197 g/mol. The van der Waals surface area contributed by atoms with Gasteiger partial charge in [-0.05, 0) is 19.1 Å². The summed E-state index contributed by atoms with van der Waals surface area (Å²) in [6.45, 7) is 5.17. The van der Waals surface area contributed by atoms with E-state index >= 15 is 0 Å². The van der Waals surface area contributed by atoms with Gasteiger partial charge in [0.15, 0.2) is 0 Å². The minimum absolute atomic E-state index is 0.0411. The molecule has 1 amide bonds. The second-order valence-corrected chi connectivity index (χ2v) is 3.00. The van der Waals surface area contributed by atoms with E-state index in [2.05, 4.69) is 16.9 Å². The molecule has 0 aliphatic rings. The SMILES string of the molecule is C=C(Cl)C(=O)Nc1ccc(C)nc1. The van der Waals surface area contributed by atoms with Crippen molar-refractivity contribution in [2.24, 2.45) is 0 Å². The lowest BCUT2D eigenvalue weighted by Gasteiger charge is -2.02. The van der Waals surface area contributed by atoms with Gasteiger partial charge in [-0.1, -0.05) is 18.2 Å². The van der Waals surface area contributed by atoms with Gasteiger partial charge in [-0.2, -0.15) is 0 Å². The molecule has 0 aliphatic heterocycles. The molecule has 0 fully saturated rings. The van der Waals surface area contributed by atoms with Crippen LogP contribution in [0.25, 0.3) is 0 Å². The largest absolute Gasteiger partial charge is 0.320 e. The first kappa shape index (κ1) is 9.74.